The Balaban J connectivity index is 1.63. The summed E-state index contributed by atoms with van der Waals surface area (Å²) in [4.78, 5) is 14.4. The van der Waals surface area contributed by atoms with E-state index in [2.05, 4.69) is 38.5 Å². The van der Waals surface area contributed by atoms with Gasteiger partial charge >= 0.3 is 0 Å². The molecule has 0 radical (unpaired) electrons. The number of hydrogen-bond donors (Lipinski definition) is 1. The van der Waals surface area contributed by atoms with Crippen molar-refractivity contribution in [3.8, 4) is 0 Å². The summed E-state index contributed by atoms with van der Waals surface area (Å²) < 4.78 is 2.65. The van der Waals surface area contributed by atoms with Crippen molar-refractivity contribution in [3.63, 3.8) is 0 Å². The highest BCUT2D eigenvalue weighted by molar-refractivity contribution is 9.10. The van der Waals surface area contributed by atoms with Crippen LogP contribution in [0.3, 0.4) is 0 Å². The lowest BCUT2D eigenvalue weighted by atomic mass is 10.3. The highest BCUT2D eigenvalue weighted by atomic mass is 79.9. The fourth-order valence-electron chi connectivity index (χ4n) is 2.16. The van der Waals surface area contributed by atoms with E-state index in [0.29, 0.717) is 13.0 Å². The van der Waals surface area contributed by atoms with Gasteiger partial charge in [-0.05, 0) is 40.2 Å². The van der Waals surface area contributed by atoms with Crippen LogP contribution < -0.4 is 5.32 Å². The second-order valence-corrected chi connectivity index (χ2v) is 7.16. The van der Waals surface area contributed by atoms with Crippen LogP contribution in [0.5, 0.6) is 0 Å². The van der Waals surface area contributed by atoms with Gasteiger partial charge in [0.05, 0.1) is 16.4 Å². The molecule has 4 nitrogen and oxygen atoms in total. The van der Waals surface area contributed by atoms with Gasteiger partial charge in [0.15, 0.2) is 0 Å². The number of halogens is 1. The molecule has 0 unspecified atom stereocenters. The number of aryl methyl sites for hydroxylation is 1. The van der Waals surface area contributed by atoms with Crippen molar-refractivity contribution in [2.45, 2.75) is 22.8 Å². The van der Waals surface area contributed by atoms with Gasteiger partial charge in [-0.3, -0.25) is 9.48 Å². The summed E-state index contributed by atoms with van der Waals surface area (Å²) in [5.41, 5.74) is 0.831. The predicted octanol–water partition coefficient (Wildman–Crippen LogP) is 4.83. The zero-order valence-electron chi connectivity index (χ0n) is 12.9. The summed E-state index contributed by atoms with van der Waals surface area (Å²) in [5.74, 6) is -0.0252. The molecule has 1 amide bonds. The minimum absolute atomic E-state index is 0.0252. The molecule has 0 fully saturated rings. The topological polar surface area (TPSA) is 46.9 Å². The molecular weight excluding hydrogens is 386 g/mol. The zero-order valence-corrected chi connectivity index (χ0v) is 15.3. The molecule has 6 heteroatoms. The van der Waals surface area contributed by atoms with Crippen LogP contribution in [-0.2, 0) is 11.3 Å². The number of para-hydroxylation sites is 1. The normalized spacial score (nSPS) is 10.5. The molecule has 0 aliphatic rings. The van der Waals surface area contributed by atoms with Crippen LogP contribution in [0.2, 0.25) is 0 Å². The van der Waals surface area contributed by atoms with E-state index in [1.807, 2.05) is 48.7 Å². The Hall–Kier alpha value is -2.05. The van der Waals surface area contributed by atoms with Crippen molar-refractivity contribution in [3.05, 3.63) is 71.5 Å². The quantitative estimate of drug-likeness (QED) is 0.643. The van der Waals surface area contributed by atoms with E-state index < -0.39 is 0 Å². The van der Waals surface area contributed by atoms with Crippen molar-refractivity contribution in [1.82, 2.24) is 9.78 Å². The molecule has 0 aliphatic heterocycles. The Labute approximate surface area is 153 Å². The molecule has 122 valence electrons. The highest BCUT2D eigenvalue weighted by Crippen LogP contribution is 2.33. The third-order valence-corrected chi connectivity index (χ3v) is 4.80. The van der Waals surface area contributed by atoms with E-state index in [4.69, 9.17) is 0 Å². The molecular formula is C18H16BrN3OS. The van der Waals surface area contributed by atoms with Crippen molar-refractivity contribution < 1.29 is 4.79 Å². The van der Waals surface area contributed by atoms with Gasteiger partial charge in [0, 0.05) is 29.0 Å². The van der Waals surface area contributed by atoms with Crippen LogP contribution in [-0.4, -0.2) is 15.7 Å². The smallest absolute Gasteiger partial charge is 0.226 e. The zero-order chi connectivity index (χ0) is 16.8. The fourth-order valence-corrected chi connectivity index (χ4v) is 3.41. The number of carbonyl (C=O) groups is 1. The van der Waals surface area contributed by atoms with Crippen molar-refractivity contribution in [2.75, 3.05) is 5.32 Å². The fraction of sp³-hybridized carbons (Fsp3) is 0.111. The second-order valence-electron chi connectivity index (χ2n) is 5.13. The standard InChI is InChI=1S/C18H16BrN3OS/c19-14-12-20-22(13-14)11-10-18(23)21-16-8-4-5-9-17(16)24-15-6-2-1-3-7-15/h1-9,12-13H,10-11H2,(H,21,23). The summed E-state index contributed by atoms with van der Waals surface area (Å²) in [7, 11) is 0. The van der Waals surface area contributed by atoms with E-state index in [1.165, 1.54) is 0 Å². The van der Waals surface area contributed by atoms with Crippen molar-refractivity contribution >= 4 is 39.3 Å². The van der Waals surface area contributed by atoms with E-state index in [9.17, 15) is 4.79 Å². The highest BCUT2D eigenvalue weighted by Gasteiger charge is 2.08. The van der Waals surface area contributed by atoms with Gasteiger partial charge in [0.25, 0.3) is 0 Å². The molecule has 1 heterocycles. The maximum absolute atomic E-state index is 12.2. The van der Waals surface area contributed by atoms with E-state index in [0.717, 1.165) is 20.0 Å². The number of hydrogen-bond acceptors (Lipinski definition) is 3. The number of anilines is 1. The first-order chi connectivity index (χ1) is 11.7. The SMILES string of the molecule is O=C(CCn1cc(Br)cn1)Nc1ccccc1Sc1ccccc1. The molecule has 1 aromatic heterocycles. The number of aromatic nitrogens is 2. The monoisotopic (exact) mass is 401 g/mol. The number of carbonyl (C=O) groups excluding carboxylic acids is 1. The third kappa shape index (κ3) is 4.72. The Morgan fingerprint density at radius 2 is 1.88 bits per heavy atom. The average Bonchev–Trinajstić information content (AvgIpc) is 3.01. The molecule has 0 spiro atoms. The van der Waals surface area contributed by atoms with Gasteiger partial charge in [-0.25, -0.2) is 0 Å². The lowest BCUT2D eigenvalue weighted by Gasteiger charge is -2.11. The second kappa shape index (κ2) is 8.17. The molecule has 1 N–H and O–H groups in total. The van der Waals surface area contributed by atoms with Crippen LogP contribution in [0.4, 0.5) is 5.69 Å². The summed E-state index contributed by atoms with van der Waals surface area (Å²) in [6, 6.07) is 17.9. The van der Waals surface area contributed by atoms with Gasteiger partial charge in [-0.2, -0.15) is 5.10 Å². The molecule has 0 atom stereocenters. The van der Waals surface area contributed by atoms with Gasteiger partial charge in [0.1, 0.15) is 0 Å². The Morgan fingerprint density at radius 3 is 2.62 bits per heavy atom. The number of nitrogens with one attached hydrogen (secondary N) is 1. The van der Waals surface area contributed by atoms with Crippen LogP contribution in [0.1, 0.15) is 6.42 Å². The summed E-state index contributed by atoms with van der Waals surface area (Å²) in [6.45, 7) is 0.547. The van der Waals surface area contributed by atoms with E-state index in [1.54, 1.807) is 22.6 Å². The molecule has 3 aromatic rings. The molecule has 24 heavy (non-hydrogen) atoms. The largest absolute Gasteiger partial charge is 0.325 e. The van der Waals surface area contributed by atoms with Gasteiger partial charge in [0.2, 0.25) is 5.91 Å². The van der Waals surface area contributed by atoms with Crippen molar-refractivity contribution in [2.24, 2.45) is 0 Å². The molecule has 0 aliphatic carbocycles. The maximum atomic E-state index is 12.2. The van der Waals surface area contributed by atoms with Crippen LogP contribution in [0, 0.1) is 0 Å². The number of rotatable bonds is 6. The first-order valence-electron chi connectivity index (χ1n) is 7.50. The van der Waals surface area contributed by atoms with Crippen LogP contribution in [0.15, 0.2) is 81.3 Å². The minimum atomic E-state index is -0.0252. The molecule has 0 saturated heterocycles. The number of nitrogens with zero attached hydrogens (tertiary/aromatic N) is 2. The molecule has 0 bridgehead atoms. The molecule has 2 aromatic carbocycles. The first-order valence-corrected chi connectivity index (χ1v) is 9.11. The minimum Gasteiger partial charge on any atom is -0.325 e. The van der Waals surface area contributed by atoms with Gasteiger partial charge < -0.3 is 5.32 Å². The lowest BCUT2D eigenvalue weighted by molar-refractivity contribution is -0.116. The summed E-state index contributed by atoms with van der Waals surface area (Å²) in [5, 5.41) is 7.15. The first kappa shape index (κ1) is 16.8. The van der Waals surface area contributed by atoms with Crippen molar-refractivity contribution in [1.29, 1.82) is 0 Å². The van der Waals surface area contributed by atoms with E-state index >= 15 is 0 Å². The van der Waals surface area contributed by atoms with Crippen LogP contribution in [0.25, 0.3) is 0 Å². The third-order valence-electron chi connectivity index (χ3n) is 3.30. The summed E-state index contributed by atoms with van der Waals surface area (Å²) in [6.07, 6.45) is 3.94. The van der Waals surface area contributed by atoms with Gasteiger partial charge in [-0.1, -0.05) is 42.1 Å². The van der Waals surface area contributed by atoms with Gasteiger partial charge in [-0.15, -0.1) is 0 Å². The lowest BCUT2D eigenvalue weighted by Crippen LogP contribution is -2.15. The Morgan fingerprint density at radius 1 is 1.12 bits per heavy atom. The Bertz CT molecular complexity index is 820. The summed E-state index contributed by atoms with van der Waals surface area (Å²) >= 11 is 4.98. The molecule has 3 rings (SSSR count). The predicted molar refractivity (Wildman–Crippen MR) is 100 cm³/mol. The Kier molecular flexibility index (Phi) is 5.72. The molecule has 0 saturated carbocycles. The van der Waals surface area contributed by atoms with Crippen LogP contribution >= 0.6 is 27.7 Å². The maximum Gasteiger partial charge on any atom is 0.226 e. The number of benzene rings is 2. The number of amides is 1. The van der Waals surface area contributed by atoms with E-state index in [-0.39, 0.29) is 5.91 Å². The average molecular weight is 402 g/mol.